The maximum absolute atomic E-state index is 9.83. The molecule has 3 nitrogen and oxygen atoms in total. The maximum Gasteiger partial charge on any atom is 0.120 e. The topological polar surface area (TPSA) is 41.5 Å². The molecular weight excluding hydrogens is 306 g/mol. The third kappa shape index (κ3) is 3.41. The Labute approximate surface area is 121 Å². The van der Waals surface area contributed by atoms with Crippen molar-refractivity contribution in [3.63, 3.8) is 0 Å². The zero-order chi connectivity index (χ0) is 13.8. The van der Waals surface area contributed by atoms with Gasteiger partial charge in [0.15, 0.2) is 0 Å². The number of nitrogens with one attached hydrogen (secondary N) is 1. The highest BCUT2D eigenvalue weighted by Gasteiger charge is 2.05. The largest absolute Gasteiger partial charge is 0.508 e. The van der Waals surface area contributed by atoms with Crippen LogP contribution in [0.5, 0.6) is 11.5 Å². The Morgan fingerprint density at radius 2 is 2.00 bits per heavy atom. The molecule has 0 radical (unpaired) electrons. The van der Waals surface area contributed by atoms with Crippen molar-refractivity contribution >= 4 is 21.6 Å². The summed E-state index contributed by atoms with van der Waals surface area (Å²) < 4.78 is 6.16. The van der Waals surface area contributed by atoms with Crippen LogP contribution in [0.1, 0.15) is 11.1 Å². The average Bonchev–Trinajstić information content (AvgIpc) is 2.41. The van der Waals surface area contributed by atoms with Gasteiger partial charge in [0.2, 0.25) is 0 Å². The monoisotopic (exact) mass is 321 g/mol. The summed E-state index contributed by atoms with van der Waals surface area (Å²) in [5.74, 6) is 0.995. The number of aryl methyl sites for hydroxylation is 1. The first-order valence-electron chi connectivity index (χ1n) is 5.96. The lowest BCUT2D eigenvalue weighted by Gasteiger charge is -2.11. The molecule has 0 aliphatic carbocycles. The van der Waals surface area contributed by atoms with Crippen molar-refractivity contribution in [1.82, 2.24) is 0 Å². The Kier molecular flexibility index (Phi) is 4.32. The van der Waals surface area contributed by atoms with Crippen LogP contribution in [-0.4, -0.2) is 12.2 Å². The van der Waals surface area contributed by atoms with Gasteiger partial charge < -0.3 is 15.2 Å². The number of methoxy groups -OCH3 is 1. The molecule has 0 unspecified atom stereocenters. The molecule has 0 aromatic heterocycles. The lowest BCUT2D eigenvalue weighted by Crippen LogP contribution is -2.01. The van der Waals surface area contributed by atoms with Gasteiger partial charge in [-0.2, -0.15) is 0 Å². The van der Waals surface area contributed by atoms with E-state index in [-0.39, 0.29) is 5.75 Å². The first kappa shape index (κ1) is 13.7. The predicted molar refractivity (Wildman–Crippen MR) is 80.9 cm³/mol. The van der Waals surface area contributed by atoms with E-state index in [2.05, 4.69) is 27.3 Å². The number of ether oxygens (including phenoxy) is 1. The molecule has 0 aliphatic rings. The first-order valence-corrected chi connectivity index (χ1v) is 6.75. The highest BCUT2D eigenvalue weighted by atomic mass is 79.9. The molecule has 0 spiro atoms. The fourth-order valence-electron chi connectivity index (χ4n) is 1.80. The normalized spacial score (nSPS) is 10.3. The summed E-state index contributed by atoms with van der Waals surface area (Å²) in [6.45, 7) is 2.58. The van der Waals surface area contributed by atoms with Crippen LogP contribution in [0.3, 0.4) is 0 Å². The third-order valence-electron chi connectivity index (χ3n) is 2.88. The van der Waals surface area contributed by atoms with Gasteiger partial charge in [-0.25, -0.2) is 0 Å². The smallest absolute Gasteiger partial charge is 0.120 e. The van der Waals surface area contributed by atoms with Gasteiger partial charge in [-0.15, -0.1) is 0 Å². The van der Waals surface area contributed by atoms with Gasteiger partial charge in [0, 0.05) is 22.3 Å². The minimum absolute atomic E-state index is 0.261. The molecule has 19 heavy (non-hydrogen) atoms. The molecule has 0 saturated carbocycles. The molecule has 2 aromatic carbocycles. The van der Waals surface area contributed by atoms with E-state index in [1.807, 2.05) is 25.1 Å². The van der Waals surface area contributed by atoms with Crippen molar-refractivity contribution in [1.29, 1.82) is 0 Å². The van der Waals surface area contributed by atoms with Crippen molar-refractivity contribution in [3.8, 4) is 11.5 Å². The van der Waals surface area contributed by atoms with Gasteiger partial charge >= 0.3 is 0 Å². The van der Waals surface area contributed by atoms with Crippen molar-refractivity contribution in [3.05, 3.63) is 52.0 Å². The van der Waals surface area contributed by atoms with Gasteiger partial charge in [0.25, 0.3) is 0 Å². The molecule has 0 amide bonds. The Morgan fingerprint density at radius 1 is 1.21 bits per heavy atom. The van der Waals surface area contributed by atoms with E-state index in [4.69, 9.17) is 4.74 Å². The fraction of sp³-hybridized carbons (Fsp3) is 0.200. The van der Waals surface area contributed by atoms with Crippen LogP contribution in [0.4, 0.5) is 5.69 Å². The van der Waals surface area contributed by atoms with E-state index in [1.165, 1.54) is 5.56 Å². The van der Waals surface area contributed by atoms with Gasteiger partial charge in [-0.1, -0.05) is 6.07 Å². The lowest BCUT2D eigenvalue weighted by molar-refractivity contribution is 0.411. The second-order valence-corrected chi connectivity index (χ2v) is 5.19. The van der Waals surface area contributed by atoms with Gasteiger partial charge in [-0.05, 0) is 58.7 Å². The fourth-order valence-corrected chi connectivity index (χ4v) is 2.18. The summed E-state index contributed by atoms with van der Waals surface area (Å²) in [5.41, 5.74) is 2.98. The zero-order valence-electron chi connectivity index (χ0n) is 10.9. The van der Waals surface area contributed by atoms with Gasteiger partial charge in [-0.3, -0.25) is 0 Å². The molecule has 2 aromatic rings. The summed E-state index contributed by atoms with van der Waals surface area (Å²) >= 11 is 3.50. The second kappa shape index (κ2) is 5.97. The van der Waals surface area contributed by atoms with Crippen LogP contribution in [0.25, 0.3) is 0 Å². The van der Waals surface area contributed by atoms with E-state index in [9.17, 15) is 5.11 Å². The van der Waals surface area contributed by atoms with Crippen molar-refractivity contribution in [2.45, 2.75) is 13.5 Å². The summed E-state index contributed by atoms with van der Waals surface area (Å²) in [4.78, 5) is 0. The van der Waals surface area contributed by atoms with E-state index in [0.717, 1.165) is 21.5 Å². The second-order valence-electron chi connectivity index (χ2n) is 4.33. The first-order chi connectivity index (χ1) is 9.10. The number of hydrogen-bond donors (Lipinski definition) is 2. The number of hydrogen-bond acceptors (Lipinski definition) is 3. The number of phenols is 1. The summed E-state index contributed by atoms with van der Waals surface area (Å²) in [6.07, 6.45) is 0. The molecule has 0 saturated heterocycles. The third-order valence-corrected chi connectivity index (χ3v) is 3.57. The molecule has 0 atom stereocenters. The van der Waals surface area contributed by atoms with E-state index in [1.54, 1.807) is 19.2 Å². The van der Waals surface area contributed by atoms with E-state index in [0.29, 0.717) is 6.54 Å². The Morgan fingerprint density at radius 3 is 2.74 bits per heavy atom. The highest BCUT2D eigenvalue weighted by Crippen LogP contribution is 2.27. The van der Waals surface area contributed by atoms with Crippen LogP contribution < -0.4 is 10.1 Å². The Balaban J connectivity index is 2.16. The van der Waals surface area contributed by atoms with Gasteiger partial charge in [0.05, 0.1) is 7.11 Å². The zero-order valence-corrected chi connectivity index (χ0v) is 12.5. The quantitative estimate of drug-likeness (QED) is 0.891. The molecule has 2 N–H and O–H groups in total. The Hall–Kier alpha value is -1.68. The molecule has 4 heteroatoms. The van der Waals surface area contributed by atoms with Crippen molar-refractivity contribution in [2.24, 2.45) is 0 Å². The van der Waals surface area contributed by atoms with Crippen LogP contribution in [0, 0.1) is 6.92 Å². The van der Waals surface area contributed by atoms with Crippen LogP contribution in [0.2, 0.25) is 0 Å². The van der Waals surface area contributed by atoms with Crippen LogP contribution in [0.15, 0.2) is 40.9 Å². The number of aromatic hydroxyl groups is 1. The van der Waals surface area contributed by atoms with Crippen LogP contribution in [-0.2, 0) is 6.54 Å². The minimum Gasteiger partial charge on any atom is -0.508 e. The van der Waals surface area contributed by atoms with Crippen LogP contribution >= 0.6 is 15.9 Å². The number of rotatable bonds is 4. The number of benzene rings is 2. The predicted octanol–water partition coefficient (Wildman–Crippen LogP) is 4.08. The number of halogens is 1. The summed E-state index contributed by atoms with van der Waals surface area (Å²) in [5, 5.41) is 13.1. The summed E-state index contributed by atoms with van der Waals surface area (Å²) in [7, 11) is 1.61. The standard InChI is InChI=1S/C15H16BrNO2/c1-10-3-5-13(16)14(7-10)17-9-11-8-12(19-2)4-6-15(11)18/h3-8,17-18H,9H2,1-2H3. The Bertz CT molecular complexity index is 584. The molecule has 2 rings (SSSR count). The molecule has 100 valence electrons. The number of phenolic OH excluding ortho intramolecular Hbond substituents is 1. The lowest BCUT2D eigenvalue weighted by atomic mass is 10.1. The highest BCUT2D eigenvalue weighted by molar-refractivity contribution is 9.10. The van der Waals surface area contributed by atoms with E-state index < -0.39 is 0 Å². The molecule has 0 heterocycles. The SMILES string of the molecule is COc1ccc(O)c(CNc2cc(C)ccc2Br)c1. The van der Waals surface area contributed by atoms with Crippen molar-refractivity contribution < 1.29 is 9.84 Å². The molecule has 0 bridgehead atoms. The molecular formula is C15H16BrNO2. The molecule has 0 fully saturated rings. The van der Waals surface area contributed by atoms with Gasteiger partial charge in [0.1, 0.15) is 11.5 Å². The van der Waals surface area contributed by atoms with E-state index >= 15 is 0 Å². The van der Waals surface area contributed by atoms with Crippen molar-refractivity contribution in [2.75, 3.05) is 12.4 Å². The number of anilines is 1. The molecule has 0 aliphatic heterocycles. The average molecular weight is 322 g/mol. The summed E-state index contributed by atoms with van der Waals surface area (Å²) in [6, 6.07) is 11.3. The minimum atomic E-state index is 0.261. The maximum atomic E-state index is 9.83.